The maximum Gasteiger partial charge on any atom is 0.333 e. The largest absolute Gasteiger partial charge is 0.463 e. The number of aliphatic hydroxyl groups excluding tert-OH is 2. The number of unbranched alkanes of at least 4 members (excludes halogenated alkanes) is 9. The third-order valence-electron chi connectivity index (χ3n) is 5.55. The third kappa shape index (κ3) is 26.7. The lowest BCUT2D eigenvalue weighted by atomic mass is 10.1. The Kier molecular flexibility index (Phi) is 26.3. The van der Waals surface area contributed by atoms with Crippen molar-refractivity contribution in [3.8, 4) is 0 Å². The first-order valence-corrected chi connectivity index (χ1v) is 13.8. The topological polar surface area (TPSA) is 66.8 Å². The Balaban J connectivity index is 0. The average molecular weight is 507 g/mol. The first-order chi connectivity index (χ1) is 17.2. The van der Waals surface area contributed by atoms with Gasteiger partial charge < -0.3 is 19.4 Å². The van der Waals surface area contributed by atoms with Crippen molar-refractivity contribution < 1.29 is 24.2 Å². The molecule has 0 aliphatic rings. The predicted octanol–water partition coefficient (Wildman–Crippen LogP) is 6.79. The molecule has 5 heteroatoms. The summed E-state index contributed by atoms with van der Waals surface area (Å²) in [5.74, 6) is -0.312. The van der Waals surface area contributed by atoms with Gasteiger partial charge in [-0.25, -0.2) is 4.79 Å². The van der Waals surface area contributed by atoms with Gasteiger partial charge in [-0.2, -0.15) is 0 Å². The van der Waals surface area contributed by atoms with Gasteiger partial charge in [0.15, 0.2) is 0 Å². The third-order valence-corrected chi connectivity index (χ3v) is 5.55. The molecule has 1 aromatic carbocycles. The van der Waals surface area contributed by atoms with Crippen molar-refractivity contribution in [2.75, 3.05) is 47.0 Å². The van der Waals surface area contributed by atoms with Crippen LogP contribution in [-0.2, 0) is 9.53 Å². The number of quaternary nitrogens is 1. The van der Waals surface area contributed by atoms with Crippen LogP contribution in [0.25, 0.3) is 6.08 Å². The lowest BCUT2D eigenvalue weighted by Crippen LogP contribution is -2.40. The van der Waals surface area contributed by atoms with E-state index in [0.717, 1.165) is 11.0 Å². The molecule has 0 fully saturated rings. The summed E-state index contributed by atoms with van der Waals surface area (Å²) in [5, 5.41) is 15.2. The minimum atomic E-state index is -0.312. The Bertz CT molecular complexity index is 654. The highest BCUT2D eigenvalue weighted by atomic mass is 16.5. The summed E-state index contributed by atoms with van der Waals surface area (Å²) >= 11 is 0. The summed E-state index contributed by atoms with van der Waals surface area (Å²) in [4.78, 5) is 10.4. The number of ether oxygens (including phenoxy) is 1. The molecular formula is C31H56NO4+. The molecule has 36 heavy (non-hydrogen) atoms. The molecule has 1 aromatic rings. The molecule has 0 aliphatic heterocycles. The molecule has 208 valence electrons. The van der Waals surface area contributed by atoms with Crippen LogP contribution < -0.4 is 0 Å². The van der Waals surface area contributed by atoms with Crippen molar-refractivity contribution in [2.45, 2.75) is 85.0 Å². The standard InChI is InChI=1S/C23H40N.C6H10O2.C2H6O2/c1-4-5-6-7-8-9-10-11-12-16-21-24(2,3)22-17-20-23-18-14-13-15-19-23;1-4-8-6(7)5(2)3;3-1-2-4/h13-15,17-20H,4-12,16,21-22H2,1-3H3;2,4H2,1,3H3;3-4H,1-2H2/q+1;;. The number of carbonyl (C=O) groups excluding carboxylic acids is 1. The van der Waals surface area contributed by atoms with Gasteiger partial charge in [0.1, 0.15) is 0 Å². The summed E-state index contributed by atoms with van der Waals surface area (Å²) in [5.41, 5.74) is 1.75. The van der Waals surface area contributed by atoms with Crippen LogP contribution >= 0.6 is 0 Å². The Morgan fingerprint density at radius 3 is 1.81 bits per heavy atom. The molecule has 0 atom stereocenters. The molecule has 0 heterocycles. The molecule has 1 rings (SSSR count). The Morgan fingerprint density at radius 2 is 1.39 bits per heavy atom. The Morgan fingerprint density at radius 1 is 0.889 bits per heavy atom. The number of hydrogen-bond acceptors (Lipinski definition) is 4. The second-order valence-corrected chi connectivity index (χ2v) is 9.78. The van der Waals surface area contributed by atoms with Crippen LogP contribution in [0.3, 0.4) is 0 Å². The summed E-state index contributed by atoms with van der Waals surface area (Å²) in [6, 6.07) is 10.6. The second kappa shape index (κ2) is 26.1. The van der Waals surface area contributed by atoms with Crippen molar-refractivity contribution in [3.05, 3.63) is 54.1 Å². The summed E-state index contributed by atoms with van der Waals surface area (Å²) in [7, 11) is 4.70. The van der Waals surface area contributed by atoms with E-state index in [4.69, 9.17) is 10.2 Å². The van der Waals surface area contributed by atoms with Crippen LogP contribution in [0.5, 0.6) is 0 Å². The highest BCUT2D eigenvalue weighted by Crippen LogP contribution is 2.12. The van der Waals surface area contributed by atoms with Crippen molar-refractivity contribution >= 4 is 12.0 Å². The van der Waals surface area contributed by atoms with E-state index in [1.165, 1.54) is 76.3 Å². The van der Waals surface area contributed by atoms with E-state index in [9.17, 15) is 4.79 Å². The summed E-state index contributed by atoms with van der Waals surface area (Å²) in [6.07, 6.45) is 18.8. The summed E-state index contributed by atoms with van der Waals surface area (Å²) < 4.78 is 5.66. The van der Waals surface area contributed by atoms with Crippen molar-refractivity contribution in [1.29, 1.82) is 0 Å². The zero-order valence-corrected chi connectivity index (χ0v) is 24.0. The van der Waals surface area contributed by atoms with E-state index in [1.54, 1.807) is 13.8 Å². The van der Waals surface area contributed by atoms with E-state index in [1.807, 2.05) is 0 Å². The number of hydrogen-bond donors (Lipinski definition) is 2. The first kappa shape index (κ1) is 36.2. The van der Waals surface area contributed by atoms with Crippen molar-refractivity contribution in [1.82, 2.24) is 0 Å². The fourth-order valence-electron chi connectivity index (χ4n) is 3.41. The fraction of sp³-hybridized carbons (Fsp3) is 0.645. The van der Waals surface area contributed by atoms with Gasteiger partial charge in [-0.1, -0.05) is 101 Å². The number of esters is 1. The van der Waals surface area contributed by atoms with Crippen LogP contribution in [0.1, 0.15) is 90.5 Å². The van der Waals surface area contributed by atoms with E-state index in [-0.39, 0.29) is 19.2 Å². The molecule has 0 amide bonds. The zero-order chi connectivity index (χ0) is 27.5. The number of aliphatic hydroxyl groups is 2. The molecule has 2 N–H and O–H groups in total. The maximum absolute atomic E-state index is 10.4. The molecule has 0 spiro atoms. The van der Waals surface area contributed by atoms with Crippen LogP contribution in [0.2, 0.25) is 0 Å². The molecule has 0 saturated carbocycles. The average Bonchev–Trinajstić information content (AvgIpc) is 2.86. The minimum absolute atomic E-state index is 0.125. The molecule has 5 nitrogen and oxygen atoms in total. The molecular weight excluding hydrogens is 450 g/mol. The van der Waals surface area contributed by atoms with E-state index < -0.39 is 0 Å². The first-order valence-electron chi connectivity index (χ1n) is 13.8. The van der Waals surface area contributed by atoms with Gasteiger partial charge >= 0.3 is 5.97 Å². The predicted molar refractivity (Wildman–Crippen MR) is 155 cm³/mol. The molecule has 0 radical (unpaired) electrons. The summed E-state index contributed by atoms with van der Waals surface area (Å²) in [6.45, 7) is 11.7. The molecule has 0 saturated heterocycles. The van der Waals surface area contributed by atoms with Gasteiger partial charge in [0.05, 0.1) is 47.0 Å². The SMILES string of the molecule is C=C(C)C(=O)OCC.CCCCCCCCCCCC[N+](C)(C)CC=Cc1ccccc1.OCCO. The zero-order valence-electron chi connectivity index (χ0n) is 24.0. The molecule has 0 unspecified atom stereocenters. The van der Waals surface area contributed by atoms with Gasteiger partial charge in [-0.05, 0) is 38.3 Å². The lowest BCUT2D eigenvalue weighted by molar-refractivity contribution is -0.884. The molecule has 0 aromatic heterocycles. The Hall–Kier alpha value is -1.95. The fourth-order valence-corrected chi connectivity index (χ4v) is 3.41. The van der Waals surface area contributed by atoms with Crippen LogP contribution in [0.4, 0.5) is 0 Å². The second-order valence-electron chi connectivity index (χ2n) is 9.78. The number of rotatable bonds is 17. The van der Waals surface area contributed by atoms with Crippen molar-refractivity contribution in [2.24, 2.45) is 0 Å². The minimum Gasteiger partial charge on any atom is -0.463 e. The quantitative estimate of drug-likeness (QED) is 0.106. The Labute approximate surface area is 222 Å². The molecule has 0 bridgehead atoms. The molecule has 0 aliphatic carbocycles. The number of benzene rings is 1. The smallest absolute Gasteiger partial charge is 0.333 e. The van der Waals surface area contributed by atoms with Gasteiger partial charge in [-0.15, -0.1) is 0 Å². The monoisotopic (exact) mass is 506 g/mol. The van der Waals surface area contributed by atoms with E-state index in [2.05, 4.69) is 74.8 Å². The normalized spacial score (nSPS) is 10.8. The lowest BCUT2D eigenvalue weighted by Gasteiger charge is -2.28. The van der Waals surface area contributed by atoms with E-state index in [0.29, 0.717) is 12.2 Å². The van der Waals surface area contributed by atoms with Gasteiger partial charge in [0, 0.05) is 5.57 Å². The highest BCUT2D eigenvalue weighted by Gasteiger charge is 2.11. The number of nitrogens with zero attached hydrogens (tertiary/aromatic N) is 1. The number of likely N-dealkylation sites (N-methyl/N-ethyl adjacent to an activating group) is 1. The van der Waals surface area contributed by atoms with Crippen molar-refractivity contribution in [3.63, 3.8) is 0 Å². The van der Waals surface area contributed by atoms with Crippen LogP contribution in [-0.4, -0.2) is 67.7 Å². The van der Waals surface area contributed by atoms with Crippen LogP contribution in [0, 0.1) is 0 Å². The van der Waals surface area contributed by atoms with Gasteiger partial charge in [0.2, 0.25) is 0 Å². The maximum atomic E-state index is 10.4. The van der Waals surface area contributed by atoms with Gasteiger partial charge in [-0.3, -0.25) is 0 Å². The van der Waals surface area contributed by atoms with Crippen LogP contribution in [0.15, 0.2) is 48.6 Å². The van der Waals surface area contributed by atoms with E-state index >= 15 is 0 Å². The highest BCUT2D eigenvalue weighted by molar-refractivity contribution is 5.86. The van der Waals surface area contributed by atoms with Gasteiger partial charge in [0.25, 0.3) is 0 Å². The number of carbonyl (C=O) groups is 1.